The van der Waals surface area contributed by atoms with E-state index >= 15 is 0 Å². The average Bonchev–Trinajstić information content (AvgIpc) is 3.02. The number of rotatable bonds is 7. The van der Waals surface area contributed by atoms with Gasteiger partial charge in [-0.15, -0.1) is 0 Å². The third-order valence-electron chi connectivity index (χ3n) is 4.05. The first-order chi connectivity index (χ1) is 12.3. The van der Waals surface area contributed by atoms with Gasteiger partial charge in [-0.3, -0.25) is 0 Å². The van der Waals surface area contributed by atoms with Gasteiger partial charge in [0.25, 0.3) is 0 Å². The summed E-state index contributed by atoms with van der Waals surface area (Å²) in [4.78, 5) is 4.46. The van der Waals surface area contributed by atoms with Crippen molar-refractivity contribution in [2.24, 2.45) is 4.99 Å². The third-order valence-corrected chi connectivity index (χ3v) is 4.05. The SMILES string of the molecule is CCNC(=NCc1ccccc1OCC(F)(F)F)NCC1(C)CCCO1. The summed E-state index contributed by atoms with van der Waals surface area (Å²) >= 11 is 0. The fraction of sp³-hybridized carbons (Fsp3) is 0.611. The monoisotopic (exact) mass is 373 g/mol. The molecule has 1 aliphatic rings. The number of benzene rings is 1. The predicted octanol–water partition coefficient (Wildman–Crippen LogP) is 3.25. The van der Waals surface area contributed by atoms with Crippen molar-refractivity contribution in [3.8, 4) is 5.75 Å². The number of nitrogens with one attached hydrogen (secondary N) is 2. The van der Waals surface area contributed by atoms with Gasteiger partial charge < -0.3 is 20.1 Å². The van der Waals surface area contributed by atoms with Gasteiger partial charge in [-0.1, -0.05) is 18.2 Å². The summed E-state index contributed by atoms with van der Waals surface area (Å²) in [7, 11) is 0. The molecule has 1 heterocycles. The third kappa shape index (κ3) is 6.74. The minimum absolute atomic E-state index is 0.190. The quantitative estimate of drug-likeness (QED) is 0.569. The molecule has 1 atom stereocenters. The van der Waals surface area contributed by atoms with Crippen molar-refractivity contribution in [1.29, 1.82) is 0 Å². The molecular weight excluding hydrogens is 347 g/mol. The number of nitrogens with zero attached hydrogens (tertiary/aromatic N) is 1. The predicted molar refractivity (Wildman–Crippen MR) is 94.4 cm³/mol. The normalized spacial score (nSPS) is 20.9. The zero-order valence-corrected chi connectivity index (χ0v) is 15.2. The van der Waals surface area contributed by atoms with Gasteiger partial charge in [0.05, 0.1) is 12.1 Å². The molecule has 1 saturated heterocycles. The molecule has 0 bridgehead atoms. The number of halogens is 3. The van der Waals surface area contributed by atoms with E-state index in [0.29, 0.717) is 24.6 Å². The molecule has 0 spiro atoms. The van der Waals surface area contributed by atoms with E-state index in [1.165, 1.54) is 6.07 Å². The Balaban J connectivity index is 1.99. The summed E-state index contributed by atoms with van der Waals surface area (Å²) in [6.45, 7) is 4.95. The van der Waals surface area contributed by atoms with E-state index in [4.69, 9.17) is 9.47 Å². The second-order valence-corrected chi connectivity index (χ2v) is 6.46. The largest absolute Gasteiger partial charge is 0.484 e. The summed E-state index contributed by atoms with van der Waals surface area (Å²) in [6.07, 6.45) is -2.35. The molecule has 2 N–H and O–H groups in total. The van der Waals surface area contributed by atoms with Crippen molar-refractivity contribution in [3.63, 3.8) is 0 Å². The molecule has 2 rings (SSSR count). The number of alkyl halides is 3. The Morgan fingerprint density at radius 3 is 2.73 bits per heavy atom. The van der Waals surface area contributed by atoms with Gasteiger partial charge in [-0.25, -0.2) is 4.99 Å². The smallest absolute Gasteiger partial charge is 0.422 e. The molecule has 0 amide bonds. The van der Waals surface area contributed by atoms with Crippen LogP contribution in [0.4, 0.5) is 13.2 Å². The fourth-order valence-electron chi connectivity index (χ4n) is 2.69. The fourth-order valence-corrected chi connectivity index (χ4v) is 2.69. The van der Waals surface area contributed by atoms with Crippen LogP contribution in [0.3, 0.4) is 0 Å². The standard InChI is InChI=1S/C18H26F3N3O2/c1-3-22-16(24-12-17(2)9-6-10-26-17)23-11-14-7-4-5-8-15(14)25-13-18(19,20)21/h4-5,7-8H,3,6,9-13H2,1-2H3,(H2,22,23,24). The highest BCUT2D eigenvalue weighted by Gasteiger charge is 2.30. The minimum Gasteiger partial charge on any atom is -0.484 e. The van der Waals surface area contributed by atoms with Crippen LogP contribution in [-0.4, -0.2) is 44.0 Å². The lowest BCUT2D eigenvalue weighted by Crippen LogP contribution is -2.45. The van der Waals surface area contributed by atoms with Crippen LogP contribution in [0.25, 0.3) is 0 Å². The Kier molecular flexibility index (Phi) is 7.14. The molecule has 0 radical (unpaired) electrons. The van der Waals surface area contributed by atoms with Crippen LogP contribution in [0, 0.1) is 0 Å². The molecule has 1 unspecified atom stereocenters. The van der Waals surface area contributed by atoms with Crippen molar-refractivity contribution in [3.05, 3.63) is 29.8 Å². The van der Waals surface area contributed by atoms with E-state index in [2.05, 4.69) is 22.5 Å². The highest BCUT2D eigenvalue weighted by molar-refractivity contribution is 5.79. The maximum Gasteiger partial charge on any atom is 0.422 e. The van der Waals surface area contributed by atoms with E-state index in [0.717, 1.165) is 19.4 Å². The summed E-state index contributed by atoms with van der Waals surface area (Å²) < 4.78 is 47.8. The van der Waals surface area contributed by atoms with Crippen LogP contribution >= 0.6 is 0 Å². The highest BCUT2D eigenvalue weighted by Crippen LogP contribution is 2.24. The summed E-state index contributed by atoms with van der Waals surface area (Å²) in [5.41, 5.74) is 0.376. The Bertz CT molecular complexity index is 600. The lowest BCUT2D eigenvalue weighted by molar-refractivity contribution is -0.153. The van der Waals surface area contributed by atoms with Crippen LogP contribution in [0.2, 0.25) is 0 Å². The first-order valence-electron chi connectivity index (χ1n) is 8.75. The molecule has 1 aromatic carbocycles. The lowest BCUT2D eigenvalue weighted by atomic mass is 10.0. The molecule has 0 saturated carbocycles. The zero-order chi connectivity index (χ0) is 19.0. The van der Waals surface area contributed by atoms with Crippen molar-refractivity contribution in [2.45, 2.75) is 45.0 Å². The summed E-state index contributed by atoms with van der Waals surface area (Å²) in [5, 5.41) is 6.37. The van der Waals surface area contributed by atoms with Crippen molar-refractivity contribution < 1.29 is 22.6 Å². The lowest BCUT2D eigenvalue weighted by Gasteiger charge is -2.24. The van der Waals surface area contributed by atoms with Gasteiger partial charge in [0.2, 0.25) is 0 Å². The van der Waals surface area contributed by atoms with E-state index in [9.17, 15) is 13.2 Å². The number of aliphatic imine (C=N–C) groups is 1. The molecular formula is C18H26F3N3O2. The Labute approximate surface area is 152 Å². The molecule has 0 aliphatic carbocycles. The minimum atomic E-state index is -4.37. The molecule has 1 aromatic rings. The number of para-hydroxylation sites is 1. The number of hydrogen-bond acceptors (Lipinski definition) is 3. The van der Waals surface area contributed by atoms with E-state index in [1.54, 1.807) is 18.2 Å². The Morgan fingerprint density at radius 1 is 1.31 bits per heavy atom. The highest BCUT2D eigenvalue weighted by atomic mass is 19.4. The Hall–Kier alpha value is -1.96. The van der Waals surface area contributed by atoms with Crippen LogP contribution in [-0.2, 0) is 11.3 Å². The Morgan fingerprint density at radius 2 is 2.08 bits per heavy atom. The molecule has 0 aromatic heterocycles. The second kappa shape index (κ2) is 9.12. The first kappa shape index (κ1) is 20.4. The molecule has 1 fully saturated rings. The van der Waals surface area contributed by atoms with Gasteiger partial charge >= 0.3 is 6.18 Å². The number of ether oxygens (including phenoxy) is 2. The molecule has 5 nitrogen and oxygen atoms in total. The zero-order valence-electron chi connectivity index (χ0n) is 15.2. The van der Waals surface area contributed by atoms with Crippen LogP contribution in [0.5, 0.6) is 5.75 Å². The summed E-state index contributed by atoms with van der Waals surface area (Å²) in [5.74, 6) is 0.783. The maximum absolute atomic E-state index is 12.4. The van der Waals surface area contributed by atoms with E-state index < -0.39 is 12.8 Å². The van der Waals surface area contributed by atoms with Crippen molar-refractivity contribution in [1.82, 2.24) is 10.6 Å². The number of hydrogen-bond donors (Lipinski definition) is 2. The van der Waals surface area contributed by atoms with E-state index in [-0.39, 0.29) is 17.9 Å². The van der Waals surface area contributed by atoms with Gasteiger partial charge in [0.15, 0.2) is 12.6 Å². The first-order valence-corrected chi connectivity index (χ1v) is 8.75. The van der Waals surface area contributed by atoms with Crippen molar-refractivity contribution in [2.75, 3.05) is 26.3 Å². The van der Waals surface area contributed by atoms with Crippen molar-refractivity contribution >= 4 is 5.96 Å². The summed E-state index contributed by atoms with van der Waals surface area (Å²) in [6, 6.07) is 6.62. The van der Waals surface area contributed by atoms with E-state index in [1.807, 2.05) is 6.92 Å². The molecule has 146 valence electrons. The molecule has 26 heavy (non-hydrogen) atoms. The van der Waals surface area contributed by atoms with Gasteiger partial charge in [0, 0.05) is 25.3 Å². The average molecular weight is 373 g/mol. The van der Waals surface area contributed by atoms with Crippen LogP contribution in [0.15, 0.2) is 29.3 Å². The van der Waals surface area contributed by atoms with Gasteiger partial charge in [0.1, 0.15) is 5.75 Å². The van der Waals surface area contributed by atoms with Gasteiger partial charge in [-0.2, -0.15) is 13.2 Å². The number of guanidine groups is 1. The van der Waals surface area contributed by atoms with Gasteiger partial charge in [-0.05, 0) is 32.8 Å². The molecule has 8 heteroatoms. The molecule has 1 aliphatic heterocycles. The van der Waals surface area contributed by atoms with Crippen LogP contribution < -0.4 is 15.4 Å². The second-order valence-electron chi connectivity index (χ2n) is 6.46. The van der Waals surface area contributed by atoms with Crippen LogP contribution in [0.1, 0.15) is 32.3 Å². The topological polar surface area (TPSA) is 54.9 Å². The maximum atomic E-state index is 12.4.